The third kappa shape index (κ3) is 5.46. The van der Waals surface area contributed by atoms with Crippen LogP contribution in [0.5, 0.6) is 0 Å². The number of halogens is 3. The first-order chi connectivity index (χ1) is 13.9. The lowest BCUT2D eigenvalue weighted by Crippen LogP contribution is -2.28. The van der Waals surface area contributed by atoms with Gasteiger partial charge in [-0.05, 0) is 34.9 Å². The maximum atomic E-state index is 13.3. The van der Waals surface area contributed by atoms with Gasteiger partial charge < -0.3 is 5.11 Å². The lowest BCUT2D eigenvalue weighted by molar-refractivity contribution is -0.137. The molecule has 0 saturated heterocycles. The first-order valence-electron chi connectivity index (χ1n) is 9.59. The summed E-state index contributed by atoms with van der Waals surface area (Å²) in [4.78, 5) is 2.11. The molecule has 0 amide bonds. The van der Waals surface area contributed by atoms with Crippen molar-refractivity contribution in [1.82, 2.24) is 4.90 Å². The molecule has 0 aliphatic heterocycles. The van der Waals surface area contributed by atoms with E-state index in [1.54, 1.807) is 18.2 Å². The minimum absolute atomic E-state index is 0.179. The van der Waals surface area contributed by atoms with Crippen LogP contribution in [0.4, 0.5) is 13.2 Å². The third-order valence-electron chi connectivity index (χ3n) is 4.97. The van der Waals surface area contributed by atoms with Crippen molar-refractivity contribution in [2.24, 2.45) is 0 Å². The smallest absolute Gasteiger partial charge is 0.387 e. The second-order valence-corrected chi connectivity index (χ2v) is 6.99. The summed E-state index contributed by atoms with van der Waals surface area (Å²) in [6, 6.07) is 22.2. The van der Waals surface area contributed by atoms with E-state index in [-0.39, 0.29) is 5.56 Å². The number of hydrogen-bond acceptors (Lipinski definition) is 2. The Labute approximate surface area is 169 Å². The standard InChI is InChI=1S/C24H24F3NO/c1-2-28(17-23(29)20-8-4-3-5-9-20)16-18-12-14-19(15-13-18)21-10-6-7-11-22(21)24(25,26)27/h3-15,23,29H,2,16-17H2,1H3. The number of likely N-dealkylation sites (N-methyl/N-ethyl adjacent to an activating group) is 1. The average Bonchev–Trinajstić information content (AvgIpc) is 2.73. The Hall–Kier alpha value is -2.63. The first-order valence-corrected chi connectivity index (χ1v) is 9.59. The fourth-order valence-electron chi connectivity index (χ4n) is 3.36. The van der Waals surface area contributed by atoms with Gasteiger partial charge >= 0.3 is 6.18 Å². The van der Waals surface area contributed by atoms with Gasteiger partial charge in [-0.15, -0.1) is 0 Å². The van der Waals surface area contributed by atoms with Crippen molar-refractivity contribution in [1.29, 1.82) is 0 Å². The topological polar surface area (TPSA) is 23.5 Å². The molecule has 5 heteroatoms. The third-order valence-corrected chi connectivity index (χ3v) is 4.97. The normalized spacial score (nSPS) is 12.9. The molecule has 0 aliphatic rings. The van der Waals surface area contributed by atoms with Gasteiger partial charge in [-0.25, -0.2) is 0 Å². The molecule has 1 N–H and O–H groups in total. The average molecular weight is 399 g/mol. The molecule has 1 unspecified atom stereocenters. The zero-order chi connectivity index (χ0) is 20.9. The van der Waals surface area contributed by atoms with Crippen LogP contribution in [0.2, 0.25) is 0 Å². The SMILES string of the molecule is CCN(Cc1ccc(-c2ccccc2C(F)(F)F)cc1)CC(O)c1ccccc1. The molecule has 0 heterocycles. The molecular formula is C24H24F3NO. The largest absolute Gasteiger partial charge is 0.417 e. The predicted octanol–water partition coefficient (Wildman–Crippen LogP) is 5.93. The zero-order valence-corrected chi connectivity index (χ0v) is 16.2. The van der Waals surface area contributed by atoms with Crippen molar-refractivity contribution in [3.63, 3.8) is 0 Å². The fraction of sp³-hybridized carbons (Fsp3) is 0.250. The number of benzene rings is 3. The van der Waals surface area contributed by atoms with Crippen LogP contribution in [0.15, 0.2) is 78.9 Å². The second-order valence-electron chi connectivity index (χ2n) is 6.99. The number of hydrogen-bond donors (Lipinski definition) is 1. The van der Waals surface area contributed by atoms with Crippen LogP contribution >= 0.6 is 0 Å². The number of aliphatic hydroxyl groups is 1. The van der Waals surface area contributed by atoms with Gasteiger partial charge in [-0.1, -0.05) is 79.7 Å². The molecule has 1 atom stereocenters. The Kier molecular flexibility index (Phi) is 6.72. The maximum absolute atomic E-state index is 13.3. The molecule has 0 aliphatic carbocycles. The van der Waals surface area contributed by atoms with Crippen LogP contribution in [0.1, 0.15) is 29.7 Å². The van der Waals surface area contributed by atoms with E-state index < -0.39 is 17.8 Å². The molecule has 2 nitrogen and oxygen atoms in total. The van der Waals surface area contributed by atoms with E-state index in [0.717, 1.165) is 23.7 Å². The molecule has 3 aromatic rings. The van der Waals surface area contributed by atoms with Crippen molar-refractivity contribution in [3.8, 4) is 11.1 Å². The summed E-state index contributed by atoms with van der Waals surface area (Å²) in [5.74, 6) is 0. The van der Waals surface area contributed by atoms with Gasteiger partial charge in [-0.3, -0.25) is 4.90 Å². The highest BCUT2D eigenvalue weighted by atomic mass is 19.4. The highest BCUT2D eigenvalue weighted by Crippen LogP contribution is 2.36. The van der Waals surface area contributed by atoms with Crippen LogP contribution in [0, 0.1) is 0 Å². The van der Waals surface area contributed by atoms with Crippen LogP contribution in [0.3, 0.4) is 0 Å². The Bertz CT molecular complexity index is 907. The van der Waals surface area contributed by atoms with E-state index in [1.807, 2.05) is 49.4 Å². The summed E-state index contributed by atoms with van der Waals surface area (Å²) in [6.45, 7) is 3.87. The Balaban J connectivity index is 1.72. The molecule has 0 saturated carbocycles. The van der Waals surface area contributed by atoms with Gasteiger partial charge in [0.15, 0.2) is 0 Å². The van der Waals surface area contributed by atoms with Gasteiger partial charge in [0, 0.05) is 13.1 Å². The van der Waals surface area contributed by atoms with E-state index in [0.29, 0.717) is 18.7 Å². The number of nitrogens with zero attached hydrogens (tertiary/aromatic N) is 1. The van der Waals surface area contributed by atoms with Crippen LogP contribution < -0.4 is 0 Å². The summed E-state index contributed by atoms with van der Waals surface area (Å²) in [6.07, 6.45) is -4.98. The summed E-state index contributed by atoms with van der Waals surface area (Å²) < 4.78 is 39.8. The minimum Gasteiger partial charge on any atom is -0.387 e. The number of alkyl halides is 3. The van der Waals surface area contributed by atoms with E-state index in [4.69, 9.17) is 0 Å². The van der Waals surface area contributed by atoms with Gasteiger partial charge in [0.25, 0.3) is 0 Å². The summed E-state index contributed by atoms with van der Waals surface area (Å²) >= 11 is 0. The molecule has 3 rings (SSSR count). The first kappa shape index (κ1) is 21.1. The fourth-order valence-corrected chi connectivity index (χ4v) is 3.36. The van der Waals surface area contributed by atoms with E-state index in [2.05, 4.69) is 4.90 Å². The highest BCUT2D eigenvalue weighted by molar-refractivity contribution is 5.68. The van der Waals surface area contributed by atoms with Crippen molar-refractivity contribution >= 4 is 0 Å². The molecule has 152 valence electrons. The van der Waals surface area contributed by atoms with E-state index in [9.17, 15) is 18.3 Å². The molecule has 0 bridgehead atoms. The van der Waals surface area contributed by atoms with Crippen molar-refractivity contribution in [2.45, 2.75) is 25.7 Å². The zero-order valence-electron chi connectivity index (χ0n) is 16.2. The lowest BCUT2D eigenvalue weighted by Gasteiger charge is -2.24. The molecule has 29 heavy (non-hydrogen) atoms. The Morgan fingerprint density at radius 2 is 1.48 bits per heavy atom. The minimum atomic E-state index is -4.39. The molecular weight excluding hydrogens is 375 g/mol. The maximum Gasteiger partial charge on any atom is 0.417 e. The highest BCUT2D eigenvalue weighted by Gasteiger charge is 2.33. The van der Waals surface area contributed by atoms with Gasteiger partial charge in [0.05, 0.1) is 11.7 Å². The van der Waals surface area contributed by atoms with Gasteiger partial charge in [0.2, 0.25) is 0 Å². The molecule has 0 spiro atoms. The summed E-state index contributed by atoms with van der Waals surface area (Å²) in [5.41, 5.74) is 1.94. The molecule has 3 aromatic carbocycles. The molecule has 0 radical (unpaired) electrons. The number of rotatable bonds is 7. The lowest BCUT2D eigenvalue weighted by atomic mass is 9.98. The monoisotopic (exact) mass is 399 g/mol. The van der Waals surface area contributed by atoms with Crippen molar-refractivity contribution in [3.05, 3.63) is 95.6 Å². The summed E-state index contributed by atoms with van der Waals surface area (Å²) in [7, 11) is 0. The second kappa shape index (κ2) is 9.25. The van der Waals surface area contributed by atoms with E-state index >= 15 is 0 Å². The van der Waals surface area contributed by atoms with E-state index in [1.165, 1.54) is 12.1 Å². The van der Waals surface area contributed by atoms with Crippen LogP contribution in [0.25, 0.3) is 11.1 Å². The van der Waals surface area contributed by atoms with Gasteiger partial charge in [0.1, 0.15) is 0 Å². The van der Waals surface area contributed by atoms with Crippen molar-refractivity contribution < 1.29 is 18.3 Å². The van der Waals surface area contributed by atoms with Gasteiger partial charge in [-0.2, -0.15) is 13.2 Å². The molecule has 0 aromatic heterocycles. The quantitative estimate of drug-likeness (QED) is 0.532. The molecule has 0 fully saturated rings. The van der Waals surface area contributed by atoms with Crippen LogP contribution in [-0.2, 0) is 12.7 Å². The predicted molar refractivity (Wildman–Crippen MR) is 109 cm³/mol. The van der Waals surface area contributed by atoms with Crippen molar-refractivity contribution in [2.75, 3.05) is 13.1 Å². The Morgan fingerprint density at radius 1 is 0.862 bits per heavy atom. The number of aliphatic hydroxyl groups excluding tert-OH is 1. The Morgan fingerprint density at radius 3 is 2.10 bits per heavy atom. The van der Waals surface area contributed by atoms with Crippen LogP contribution in [-0.4, -0.2) is 23.1 Å². The summed E-state index contributed by atoms with van der Waals surface area (Å²) in [5, 5.41) is 10.5.